The topological polar surface area (TPSA) is 41.1 Å². The fourth-order valence-corrected chi connectivity index (χ4v) is 0.765. The van der Waals surface area contributed by atoms with Crippen LogP contribution in [0.25, 0.3) is 0 Å². The molecule has 0 unspecified atom stereocenters. The lowest BCUT2D eigenvalue weighted by Gasteiger charge is -2.13. The SMILES string of the molecule is CNC1=CC(=O)CCN1. The fraction of sp³-hybridized carbons (Fsp3) is 0.500. The first kappa shape index (κ1) is 6.13. The zero-order valence-corrected chi connectivity index (χ0v) is 5.40. The van der Waals surface area contributed by atoms with Gasteiger partial charge in [-0.15, -0.1) is 0 Å². The Morgan fingerprint density at radius 1 is 1.78 bits per heavy atom. The quantitative estimate of drug-likeness (QED) is 0.502. The largest absolute Gasteiger partial charge is 0.375 e. The molecule has 0 saturated heterocycles. The maximum Gasteiger partial charge on any atom is 0.161 e. The van der Waals surface area contributed by atoms with Crippen molar-refractivity contribution in [1.82, 2.24) is 10.6 Å². The minimum absolute atomic E-state index is 0.193. The number of rotatable bonds is 1. The summed E-state index contributed by atoms with van der Waals surface area (Å²) in [5.74, 6) is 1.02. The number of nitrogens with one attached hydrogen (secondary N) is 2. The highest BCUT2D eigenvalue weighted by atomic mass is 16.1. The van der Waals surface area contributed by atoms with Gasteiger partial charge in [-0.05, 0) is 0 Å². The lowest BCUT2D eigenvalue weighted by atomic mass is 10.2. The van der Waals surface area contributed by atoms with E-state index in [0.717, 1.165) is 12.4 Å². The monoisotopic (exact) mass is 126 g/mol. The maximum absolute atomic E-state index is 10.7. The summed E-state index contributed by atoms with van der Waals surface area (Å²) >= 11 is 0. The van der Waals surface area contributed by atoms with Gasteiger partial charge in [-0.2, -0.15) is 0 Å². The van der Waals surface area contributed by atoms with Gasteiger partial charge in [0.25, 0.3) is 0 Å². The van der Waals surface area contributed by atoms with Crippen LogP contribution in [0, 0.1) is 0 Å². The van der Waals surface area contributed by atoms with Crippen LogP contribution < -0.4 is 10.6 Å². The van der Waals surface area contributed by atoms with Gasteiger partial charge in [-0.25, -0.2) is 0 Å². The van der Waals surface area contributed by atoms with Crippen molar-refractivity contribution >= 4 is 5.78 Å². The zero-order valence-electron chi connectivity index (χ0n) is 5.40. The normalized spacial score (nSPS) is 18.3. The van der Waals surface area contributed by atoms with Crippen molar-refractivity contribution in [2.75, 3.05) is 13.6 Å². The standard InChI is InChI=1S/C6H10N2O/c1-7-6-4-5(9)2-3-8-6/h4,7-8H,2-3H2,1H3. The molecule has 0 radical (unpaired) electrons. The summed E-state index contributed by atoms with van der Waals surface area (Å²) < 4.78 is 0. The Hall–Kier alpha value is -0.990. The third-order valence-corrected chi connectivity index (χ3v) is 1.26. The molecule has 0 aromatic heterocycles. The van der Waals surface area contributed by atoms with Crippen molar-refractivity contribution in [3.8, 4) is 0 Å². The Labute approximate surface area is 54.1 Å². The van der Waals surface area contributed by atoms with Crippen LogP contribution in [0.3, 0.4) is 0 Å². The number of carbonyl (C=O) groups is 1. The van der Waals surface area contributed by atoms with Gasteiger partial charge in [0.2, 0.25) is 0 Å². The van der Waals surface area contributed by atoms with E-state index in [1.807, 2.05) is 0 Å². The second-order valence-electron chi connectivity index (χ2n) is 1.95. The van der Waals surface area contributed by atoms with E-state index in [9.17, 15) is 4.79 Å². The molecule has 0 aromatic rings. The van der Waals surface area contributed by atoms with Crippen LogP contribution in [0.5, 0.6) is 0 Å². The molecule has 0 fully saturated rings. The molecule has 3 nitrogen and oxygen atoms in total. The van der Waals surface area contributed by atoms with E-state index in [0.29, 0.717) is 6.42 Å². The molecule has 3 heteroatoms. The van der Waals surface area contributed by atoms with E-state index >= 15 is 0 Å². The highest BCUT2D eigenvalue weighted by Gasteiger charge is 2.05. The molecule has 1 aliphatic heterocycles. The second-order valence-corrected chi connectivity index (χ2v) is 1.95. The summed E-state index contributed by atoms with van der Waals surface area (Å²) in [6.07, 6.45) is 2.20. The summed E-state index contributed by atoms with van der Waals surface area (Å²) in [5.41, 5.74) is 0. The van der Waals surface area contributed by atoms with Crippen LogP contribution in [-0.4, -0.2) is 19.4 Å². The smallest absolute Gasteiger partial charge is 0.161 e. The number of hydrogen-bond acceptors (Lipinski definition) is 3. The molecule has 2 N–H and O–H groups in total. The van der Waals surface area contributed by atoms with Crippen molar-refractivity contribution in [3.63, 3.8) is 0 Å². The average molecular weight is 126 g/mol. The first-order valence-electron chi connectivity index (χ1n) is 2.99. The van der Waals surface area contributed by atoms with Gasteiger partial charge in [0.15, 0.2) is 5.78 Å². The molecule has 0 aliphatic carbocycles. The Morgan fingerprint density at radius 2 is 2.56 bits per heavy atom. The van der Waals surface area contributed by atoms with Crippen LogP contribution in [-0.2, 0) is 4.79 Å². The van der Waals surface area contributed by atoms with Crippen LogP contribution >= 0.6 is 0 Å². The first-order chi connectivity index (χ1) is 4.33. The molecule has 0 atom stereocenters. The molecule has 1 rings (SSSR count). The Bertz CT molecular complexity index is 151. The molecule has 9 heavy (non-hydrogen) atoms. The van der Waals surface area contributed by atoms with Gasteiger partial charge in [-0.1, -0.05) is 0 Å². The lowest BCUT2D eigenvalue weighted by molar-refractivity contribution is -0.114. The van der Waals surface area contributed by atoms with E-state index in [2.05, 4.69) is 10.6 Å². The van der Waals surface area contributed by atoms with Gasteiger partial charge < -0.3 is 10.6 Å². The Morgan fingerprint density at radius 3 is 3.00 bits per heavy atom. The van der Waals surface area contributed by atoms with Crippen molar-refractivity contribution in [2.45, 2.75) is 6.42 Å². The minimum atomic E-state index is 0.193. The lowest BCUT2D eigenvalue weighted by Crippen LogP contribution is -2.30. The summed E-state index contributed by atoms with van der Waals surface area (Å²) in [6.45, 7) is 0.755. The predicted octanol–water partition coefficient (Wildman–Crippen LogP) is -0.390. The summed E-state index contributed by atoms with van der Waals surface area (Å²) in [7, 11) is 1.79. The minimum Gasteiger partial charge on any atom is -0.375 e. The molecule has 0 aromatic carbocycles. The van der Waals surface area contributed by atoms with Crippen molar-refractivity contribution in [3.05, 3.63) is 11.9 Å². The molecular formula is C6H10N2O. The van der Waals surface area contributed by atoms with Crippen LogP contribution in [0.4, 0.5) is 0 Å². The third-order valence-electron chi connectivity index (χ3n) is 1.26. The van der Waals surface area contributed by atoms with E-state index in [1.54, 1.807) is 13.1 Å². The molecule has 0 saturated carbocycles. The zero-order chi connectivity index (χ0) is 6.69. The highest BCUT2D eigenvalue weighted by molar-refractivity contribution is 5.91. The molecule has 50 valence electrons. The van der Waals surface area contributed by atoms with Gasteiger partial charge in [-0.3, -0.25) is 4.79 Å². The van der Waals surface area contributed by atoms with Crippen LogP contribution in [0.1, 0.15) is 6.42 Å². The predicted molar refractivity (Wildman–Crippen MR) is 34.8 cm³/mol. The van der Waals surface area contributed by atoms with Gasteiger partial charge in [0, 0.05) is 26.1 Å². The van der Waals surface area contributed by atoms with Gasteiger partial charge in [0.05, 0.1) is 0 Å². The summed E-state index contributed by atoms with van der Waals surface area (Å²) in [6, 6.07) is 0. The van der Waals surface area contributed by atoms with E-state index in [1.165, 1.54) is 0 Å². The average Bonchev–Trinajstić information content (AvgIpc) is 1.88. The van der Waals surface area contributed by atoms with Crippen LogP contribution in [0.15, 0.2) is 11.9 Å². The number of hydrogen-bond donors (Lipinski definition) is 2. The van der Waals surface area contributed by atoms with Gasteiger partial charge >= 0.3 is 0 Å². The number of ketones is 1. The first-order valence-corrected chi connectivity index (χ1v) is 2.99. The molecule has 1 aliphatic rings. The molecular weight excluding hydrogens is 116 g/mol. The van der Waals surface area contributed by atoms with E-state index < -0.39 is 0 Å². The number of allylic oxidation sites excluding steroid dienone is 1. The molecule has 1 heterocycles. The maximum atomic E-state index is 10.7. The summed E-state index contributed by atoms with van der Waals surface area (Å²) in [4.78, 5) is 10.7. The molecule has 0 amide bonds. The number of carbonyl (C=O) groups excluding carboxylic acids is 1. The van der Waals surface area contributed by atoms with Crippen molar-refractivity contribution < 1.29 is 4.79 Å². The Balaban J connectivity index is 2.59. The van der Waals surface area contributed by atoms with Crippen molar-refractivity contribution in [2.24, 2.45) is 0 Å². The second kappa shape index (κ2) is 2.53. The van der Waals surface area contributed by atoms with E-state index in [-0.39, 0.29) is 5.78 Å². The summed E-state index contributed by atoms with van der Waals surface area (Å²) in [5, 5.41) is 5.89. The molecule has 0 bridgehead atoms. The molecule has 0 spiro atoms. The van der Waals surface area contributed by atoms with Crippen molar-refractivity contribution in [1.29, 1.82) is 0 Å². The third kappa shape index (κ3) is 1.45. The van der Waals surface area contributed by atoms with E-state index in [4.69, 9.17) is 0 Å². The van der Waals surface area contributed by atoms with Gasteiger partial charge in [0.1, 0.15) is 5.82 Å². The Kier molecular flexibility index (Phi) is 1.72. The van der Waals surface area contributed by atoms with Crippen LogP contribution in [0.2, 0.25) is 0 Å². The fourth-order valence-electron chi connectivity index (χ4n) is 0.765. The highest BCUT2D eigenvalue weighted by Crippen LogP contribution is 1.94.